The van der Waals surface area contributed by atoms with Crippen LogP contribution in [0, 0.1) is 0 Å². The number of hydrogen-bond acceptors (Lipinski definition) is 4. The van der Waals surface area contributed by atoms with E-state index in [0.29, 0.717) is 11.6 Å². The minimum Gasteiger partial charge on any atom is -0.468 e. The topological polar surface area (TPSA) is 38.3 Å². The first kappa shape index (κ1) is 15.5. The van der Waals surface area contributed by atoms with Gasteiger partial charge in [-0.2, -0.15) is 0 Å². The van der Waals surface area contributed by atoms with Crippen molar-refractivity contribution >= 4 is 44.8 Å². The molecule has 0 radical (unpaired) electrons. The molecule has 0 amide bonds. The molecule has 0 spiro atoms. The van der Waals surface area contributed by atoms with Gasteiger partial charge in [-0.15, -0.1) is 11.3 Å². The third-order valence-corrected chi connectivity index (χ3v) is 4.60. The van der Waals surface area contributed by atoms with Crippen molar-refractivity contribution in [1.29, 1.82) is 0 Å². The van der Waals surface area contributed by atoms with Crippen LogP contribution in [0.5, 0.6) is 0 Å². The summed E-state index contributed by atoms with van der Waals surface area (Å²) in [6.45, 7) is 0.594. The van der Waals surface area contributed by atoms with Crippen molar-refractivity contribution in [3.63, 3.8) is 0 Å². The van der Waals surface area contributed by atoms with Gasteiger partial charge in [0.1, 0.15) is 6.04 Å². The first-order valence-corrected chi connectivity index (χ1v) is 7.95. The van der Waals surface area contributed by atoms with Crippen molar-refractivity contribution in [2.45, 2.75) is 12.6 Å². The Labute approximate surface area is 135 Å². The molecule has 3 nitrogen and oxygen atoms in total. The molecular weight excluding hydrogens is 362 g/mol. The number of esters is 1. The minimum absolute atomic E-state index is 0.343. The average Bonchev–Trinajstić information content (AvgIpc) is 2.95. The second-order valence-corrected chi connectivity index (χ2v) is 6.41. The molecule has 1 aromatic carbocycles. The van der Waals surface area contributed by atoms with Crippen LogP contribution in [0.25, 0.3) is 0 Å². The first-order chi connectivity index (χ1) is 9.61. The van der Waals surface area contributed by atoms with Crippen LogP contribution in [0.2, 0.25) is 5.02 Å². The Morgan fingerprint density at radius 1 is 1.50 bits per heavy atom. The number of halogens is 2. The lowest BCUT2D eigenvalue weighted by atomic mass is 10.1. The van der Waals surface area contributed by atoms with Gasteiger partial charge in [-0.3, -0.25) is 5.32 Å². The molecule has 0 aliphatic carbocycles. The van der Waals surface area contributed by atoms with E-state index in [4.69, 9.17) is 16.3 Å². The molecule has 106 valence electrons. The van der Waals surface area contributed by atoms with Crippen molar-refractivity contribution in [3.05, 3.63) is 55.6 Å². The molecule has 0 aliphatic heterocycles. The van der Waals surface area contributed by atoms with Crippen LogP contribution in [-0.2, 0) is 16.1 Å². The van der Waals surface area contributed by atoms with Crippen LogP contribution < -0.4 is 5.32 Å². The van der Waals surface area contributed by atoms with Crippen LogP contribution in [0.3, 0.4) is 0 Å². The summed E-state index contributed by atoms with van der Waals surface area (Å²) < 4.78 is 5.69. The van der Waals surface area contributed by atoms with E-state index in [1.807, 2.05) is 23.6 Å². The van der Waals surface area contributed by atoms with Crippen molar-refractivity contribution in [2.24, 2.45) is 0 Å². The fourth-order valence-corrected chi connectivity index (χ4v) is 3.10. The Bertz CT molecular complexity index is 589. The number of carbonyl (C=O) groups excluding carboxylic acids is 1. The summed E-state index contributed by atoms with van der Waals surface area (Å²) in [4.78, 5) is 13.1. The molecule has 0 fully saturated rings. The maximum atomic E-state index is 12.0. The molecule has 0 aliphatic rings. The first-order valence-electron chi connectivity index (χ1n) is 5.90. The maximum Gasteiger partial charge on any atom is 0.327 e. The predicted octanol–water partition coefficient (Wildman–Crippen LogP) is 4.17. The van der Waals surface area contributed by atoms with Gasteiger partial charge in [0.2, 0.25) is 0 Å². The number of rotatable bonds is 5. The van der Waals surface area contributed by atoms with Gasteiger partial charge >= 0.3 is 5.97 Å². The van der Waals surface area contributed by atoms with Gasteiger partial charge in [0.25, 0.3) is 0 Å². The lowest BCUT2D eigenvalue weighted by Gasteiger charge is -2.18. The van der Waals surface area contributed by atoms with E-state index in [2.05, 4.69) is 21.2 Å². The Kier molecular flexibility index (Phi) is 5.60. The molecule has 0 saturated carbocycles. The third kappa shape index (κ3) is 3.82. The van der Waals surface area contributed by atoms with E-state index in [1.54, 1.807) is 23.5 Å². The highest BCUT2D eigenvalue weighted by molar-refractivity contribution is 9.10. The molecule has 1 N–H and O–H groups in total. The molecular formula is C14H13BrClNO2S. The van der Waals surface area contributed by atoms with E-state index in [0.717, 1.165) is 14.9 Å². The van der Waals surface area contributed by atoms with Crippen LogP contribution in [0.15, 0.2) is 40.2 Å². The van der Waals surface area contributed by atoms with Gasteiger partial charge in [-0.05, 0) is 35.2 Å². The number of hydrogen-bond donors (Lipinski definition) is 1. The second kappa shape index (κ2) is 7.22. The van der Waals surface area contributed by atoms with Gasteiger partial charge < -0.3 is 4.74 Å². The highest BCUT2D eigenvalue weighted by Gasteiger charge is 2.23. The summed E-state index contributed by atoms with van der Waals surface area (Å²) in [6, 6.07) is 8.77. The van der Waals surface area contributed by atoms with Gasteiger partial charge in [-0.25, -0.2) is 4.79 Å². The SMILES string of the molecule is COC(=O)C(NCc1cccs1)c1cc(Cl)ccc1Br. The van der Waals surface area contributed by atoms with Gasteiger partial charge in [0, 0.05) is 20.9 Å². The van der Waals surface area contributed by atoms with E-state index in [1.165, 1.54) is 7.11 Å². The normalized spacial score (nSPS) is 12.2. The molecule has 20 heavy (non-hydrogen) atoms. The zero-order valence-corrected chi connectivity index (χ0v) is 13.9. The van der Waals surface area contributed by atoms with Crippen molar-refractivity contribution in [1.82, 2.24) is 5.32 Å². The molecule has 1 heterocycles. The van der Waals surface area contributed by atoms with E-state index in [9.17, 15) is 4.79 Å². The molecule has 2 aromatic rings. The summed E-state index contributed by atoms with van der Waals surface area (Å²) in [7, 11) is 1.38. The number of thiophene rings is 1. The number of methoxy groups -OCH3 is 1. The molecule has 1 unspecified atom stereocenters. The zero-order valence-electron chi connectivity index (χ0n) is 10.7. The Hall–Kier alpha value is -0.880. The second-order valence-electron chi connectivity index (χ2n) is 4.08. The predicted molar refractivity (Wildman–Crippen MR) is 85.1 cm³/mol. The highest BCUT2D eigenvalue weighted by Crippen LogP contribution is 2.28. The smallest absolute Gasteiger partial charge is 0.327 e. The summed E-state index contributed by atoms with van der Waals surface area (Å²) in [5.74, 6) is -0.343. The number of carbonyl (C=O) groups is 1. The summed E-state index contributed by atoms with van der Waals surface area (Å²) in [5.41, 5.74) is 0.765. The Morgan fingerprint density at radius 2 is 2.30 bits per heavy atom. The fraction of sp³-hybridized carbons (Fsp3) is 0.214. The molecule has 2 rings (SSSR count). The summed E-state index contributed by atoms with van der Waals surface area (Å²) in [5, 5.41) is 5.78. The Morgan fingerprint density at radius 3 is 2.95 bits per heavy atom. The van der Waals surface area contributed by atoms with Crippen LogP contribution in [0.1, 0.15) is 16.5 Å². The largest absolute Gasteiger partial charge is 0.468 e. The lowest BCUT2D eigenvalue weighted by molar-refractivity contribution is -0.143. The van der Waals surface area contributed by atoms with Gasteiger partial charge in [-0.1, -0.05) is 33.6 Å². The molecule has 0 bridgehead atoms. The van der Waals surface area contributed by atoms with Crippen molar-refractivity contribution in [3.8, 4) is 0 Å². The molecule has 6 heteroatoms. The molecule has 0 saturated heterocycles. The monoisotopic (exact) mass is 373 g/mol. The van der Waals surface area contributed by atoms with Gasteiger partial charge in [0.05, 0.1) is 7.11 Å². The van der Waals surface area contributed by atoms with E-state index < -0.39 is 6.04 Å². The van der Waals surface area contributed by atoms with Crippen molar-refractivity contribution < 1.29 is 9.53 Å². The maximum absolute atomic E-state index is 12.0. The number of benzene rings is 1. The van der Waals surface area contributed by atoms with Crippen LogP contribution >= 0.6 is 38.9 Å². The molecule has 1 atom stereocenters. The fourth-order valence-electron chi connectivity index (χ4n) is 1.79. The standard InChI is InChI=1S/C14H13BrClNO2S/c1-19-14(18)13(17-8-10-3-2-6-20-10)11-7-9(16)4-5-12(11)15/h2-7,13,17H,8H2,1H3. The number of ether oxygens (including phenoxy) is 1. The quantitative estimate of drug-likeness (QED) is 0.798. The average molecular weight is 375 g/mol. The van der Waals surface area contributed by atoms with Crippen molar-refractivity contribution in [2.75, 3.05) is 7.11 Å². The van der Waals surface area contributed by atoms with Crippen LogP contribution in [-0.4, -0.2) is 13.1 Å². The summed E-state index contributed by atoms with van der Waals surface area (Å²) >= 11 is 11.1. The van der Waals surface area contributed by atoms with E-state index >= 15 is 0 Å². The van der Waals surface area contributed by atoms with Crippen LogP contribution in [0.4, 0.5) is 0 Å². The minimum atomic E-state index is -0.560. The van der Waals surface area contributed by atoms with E-state index in [-0.39, 0.29) is 5.97 Å². The Balaban J connectivity index is 2.22. The van der Waals surface area contributed by atoms with Gasteiger partial charge in [0.15, 0.2) is 0 Å². The molecule has 1 aromatic heterocycles. The highest BCUT2D eigenvalue weighted by atomic mass is 79.9. The summed E-state index contributed by atoms with van der Waals surface area (Å²) in [6.07, 6.45) is 0. The third-order valence-electron chi connectivity index (χ3n) is 2.77. The zero-order chi connectivity index (χ0) is 14.5. The lowest BCUT2D eigenvalue weighted by Crippen LogP contribution is -2.29. The number of nitrogens with one attached hydrogen (secondary N) is 1.